The van der Waals surface area contributed by atoms with E-state index < -0.39 is 6.04 Å². The molecule has 2 rings (SSSR count). The van der Waals surface area contributed by atoms with E-state index in [0.29, 0.717) is 13.0 Å². The lowest BCUT2D eigenvalue weighted by atomic mass is 10.1. The zero-order valence-corrected chi connectivity index (χ0v) is 11.1. The van der Waals surface area contributed by atoms with E-state index in [2.05, 4.69) is 5.32 Å². The van der Waals surface area contributed by atoms with Crippen molar-refractivity contribution in [1.29, 1.82) is 0 Å². The number of benzene rings is 1. The molecular formula is C15H19NO3. The zero-order chi connectivity index (χ0) is 13.7. The summed E-state index contributed by atoms with van der Waals surface area (Å²) in [5.41, 5.74) is 1.01. The molecule has 0 aromatic heterocycles. The summed E-state index contributed by atoms with van der Waals surface area (Å²) in [5, 5.41) is 2.80. The van der Waals surface area contributed by atoms with Crippen LogP contribution in [-0.4, -0.2) is 24.5 Å². The summed E-state index contributed by atoms with van der Waals surface area (Å²) in [6, 6.07) is 9.05. The van der Waals surface area contributed by atoms with Crippen molar-refractivity contribution < 1.29 is 14.3 Å². The van der Waals surface area contributed by atoms with Gasteiger partial charge < -0.3 is 10.1 Å². The minimum atomic E-state index is -0.588. The maximum atomic E-state index is 11.9. The van der Waals surface area contributed by atoms with E-state index in [1.807, 2.05) is 30.3 Å². The monoisotopic (exact) mass is 261 g/mol. The number of esters is 1. The van der Waals surface area contributed by atoms with Crippen LogP contribution in [0.4, 0.5) is 0 Å². The molecular weight excluding hydrogens is 242 g/mol. The van der Waals surface area contributed by atoms with Gasteiger partial charge in [0.25, 0.3) is 0 Å². The van der Waals surface area contributed by atoms with Gasteiger partial charge in [0.15, 0.2) is 0 Å². The van der Waals surface area contributed by atoms with Crippen LogP contribution in [0.15, 0.2) is 30.3 Å². The summed E-state index contributed by atoms with van der Waals surface area (Å²) >= 11 is 0. The van der Waals surface area contributed by atoms with Gasteiger partial charge in [-0.3, -0.25) is 4.79 Å². The van der Waals surface area contributed by atoms with Gasteiger partial charge in [-0.1, -0.05) is 30.3 Å². The smallest absolute Gasteiger partial charge is 0.328 e. The Labute approximate surface area is 113 Å². The standard InChI is InChI=1S/C15H19NO3/c1-2-19-15(18)13(16-14(17)12-8-9-12)10-11-6-4-3-5-7-11/h3-7,12-13H,2,8-10H2,1H3,(H,16,17)/t13-/m0/s1. The molecule has 1 saturated carbocycles. The van der Waals surface area contributed by atoms with E-state index in [1.165, 1.54) is 0 Å². The van der Waals surface area contributed by atoms with Crippen LogP contribution < -0.4 is 5.32 Å². The van der Waals surface area contributed by atoms with Crippen LogP contribution in [0, 0.1) is 5.92 Å². The number of carbonyl (C=O) groups excluding carboxylic acids is 2. The second-order valence-electron chi connectivity index (χ2n) is 4.78. The van der Waals surface area contributed by atoms with Crippen LogP contribution in [0.2, 0.25) is 0 Å². The number of carbonyl (C=O) groups is 2. The molecule has 19 heavy (non-hydrogen) atoms. The van der Waals surface area contributed by atoms with Gasteiger partial charge in [-0.25, -0.2) is 4.79 Å². The molecule has 1 amide bonds. The second-order valence-corrected chi connectivity index (χ2v) is 4.78. The first-order valence-corrected chi connectivity index (χ1v) is 6.71. The summed E-state index contributed by atoms with van der Waals surface area (Å²) in [7, 11) is 0. The Bertz CT molecular complexity index is 440. The van der Waals surface area contributed by atoms with E-state index in [0.717, 1.165) is 18.4 Å². The summed E-state index contributed by atoms with van der Waals surface area (Å²) < 4.78 is 5.02. The maximum Gasteiger partial charge on any atom is 0.328 e. The van der Waals surface area contributed by atoms with E-state index in [9.17, 15) is 9.59 Å². The number of nitrogens with one attached hydrogen (secondary N) is 1. The first kappa shape index (κ1) is 13.6. The highest BCUT2D eigenvalue weighted by Crippen LogP contribution is 2.29. The second kappa shape index (κ2) is 6.36. The predicted octanol–water partition coefficient (Wildman–Crippen LogP) is 1.69. The maximum absolute atomic E-state index is 11.9. The molecule has 102 valence electrons. The number of rotatable bonds is 6. The zero-order valence-electron chi connectivity index (χ0n) is 11.1. The van der Waals surface area contributed by atoms with Crippen molar-refractivity contribution in [2.24, 2.45) is 5.92 Å². The highest BCUT2D eigenvalue weighted by molar-refractivity contribution is 5.87. The molecule has 1 aliphatic rings. The molecule has 1 aliphatic carbocycles. The lowest BCUT2D eigenvalue weighted by molar-refractivity contribution is -0.147. The van der Waals surface area contributed by atoms with Crippen LogP contribution in [0.25, 0.3) is 0 Å². The van der Waals surface area contributed by atoms with Gasteiger partial charge in [-0.15, -0.1) is 0 Å². The molecule has 0 unspecified atom stereocenters. The molecule has 4 nitrogen and oxygen atoms in total. The van der Waals surface area contributed by atoms with Crippen molar-refractivity contribution in [3.05, 3.63) is 35.9 Å². The van der Waals surface area contributed by atoms with Gasteiger partial charge in [0.1, 0.15) is 6.04 Å². The minimum absolute atomic E-state index is 0.0333. The van der Waals surface area contributed by atoms with Crippen molar-refractivity contribution in [3.63, 3.8) is 0 Å². The fourth-order valence-corrected chi connectivity index (χ4v) is 1.92. The molecule has 1 fully saturated rings. The van der Waals surface area contributed by atoms with E-state index >= 15 is 0 Å². The first-order valence-electron chi connectivity index (χ1n) is 6.71. The molecule has 1 atom stereocenters. The molecule has 0 radical (unpaired) electrons. The summed E-state index contributed by atoms with van der Waals surface area (Å²) in [6.07, 6.45) is 2.32. The van der Waals surface area contributed by atoms with Crippen molar-refractivity contribution in [2.45, 2.75) is 32.2 Å². The molecule has 4 heteroatoms. The Kier molecular flexibility index (Phi) is 4.55. The molecule has 0 heterocycles. The number of amides is 1. The quantitative estimate of drug-likeness (QED) is 0.793. The minimum Gasteiger partial charge on any atom is -0.464 e. The van der Waals surface area contributed by atoms with Gasteiger partial charge in [0.05, 0.1) is 6.61 Å². The molecule has 0 bridgehead atoms. The average Bonchev–Trinajstić information content (AvgIpc) is 3.23. The average molecular weight is 261 g/mol. The van der Waals surface area contributed by atoms with Crippen LogP contribution in [-0.2, 0) is 20.7 Å². The van der Waals surface area contributed by atoms with Crippen molar-refractivity contribution in [2.75, 3.05) is 6.61 Å². The lowest BCUT2D eigenvalue weighted by Gasteiger charge is -2.17. The normalized spacial score (nSPS) is 15.6. The Hall–Kier alpha value is -1.84. The Morgan fingerprint density at radius 3 is 2.58 bits per heavy atom. The first-order chi connectivity index (χ1) is 9.20. The van der Waals surface area contributed by atoms with Gasteiger partial charge in [0, 0.05) is 12.3 Å². The Balaban J connectivity index is 2.00. The summed E-state index contributed by atoms with van der Waals surface area (Å²) in [4.78, 5) is 23.7. The SMILES string of the molecule is CCOC(=O)[C@H](Cc1ccccc1)NC(=O)C1CC1. The molecule has 1 N–H and O–H groups in total. The fourth-order valence-electron chi connectivity index (χ4n) is 1.92. The van der Waals surface area contributed by atoms with E-state index in [-0.39, 0.29) is 17.8 Å². The van der Waals surface area contributed by atoms with Crippen LogP contribution in [0.1, 0.15) is 25.3 Å². The van der Waals surface area contributed by atoms with Crippen molar-refractivity contribution in [1.82, 2.24) is 5.32 Å². The van der Waals surface area contributed by atoms with E-state index in [4.69, 9.17) is 4.74 Å². The largest absolute Gasteiger partial charge is 0.464 e. The Morgan fingerprint density at radius 2 is 2.00 bits per heavy atom. The third kappa shape index (κ3) is 4.09. The summed E-state index contributed by atoms with van der Waals surface area (Å²) in [5.74, 6) is -0.304. The summed E-state index contributed by atoms with van der Waals surface area (Å²) in [6.45, 7) is 2.09. The molecule has 0 aliphatic heterocycles. The number of hydrogen-bond acceptors (Lipinski definition) is 3. The highest BCUT2D eigenvalue weighted by Gasteiger charge is 2.33. The third-order valence-corrected chi connectivity index (χ3v) is 3.12. The van der Waals surface area contributed by atoms with Crippen molar-refractivity contribution in [3.8, 4) is 0 Å². The van der Waals surface area contributed by atoms with Gasteiger partial charge in [0.2, 0.25) is 5.91 Å². The van der Waals surface area contributed by atoms with Gasteiger partial charge in [-0.2, -0.15) is 0 Å². The highest BCUT2D eigenvalue weighted by atomic mass is 16.5. The number of ether oxygens (including phenoxy) is 1. The van der Waals surface area contributed by atoms with Gasteiger partial charge in [-0.05, 0) is 25.3 Å². The fraction of sp³-hybridized carbons (Fsp3) is 0.467. The molecule has 0 saturated heterocycles. The predicted molar refractivity (Wildman–Crippen MR) is 71.4 cm³/mol. The number of hydrogen-bond donors (Lipinski definition) is 1. The topological polar surface area (TPSA) is 55.4 Å². The van der Waals surface area contributed by atoms with Crippen LogP contribution in [0.5, 0.6) is 0 Å². The molecule has 1 aromatic carbocycles. The molecule has 0 spiro atoms. The molecule has 1 aromatic rings. The third-order valence-electron chi connectivity index (χ3n) is 3.12. The van der Waals surface area contributed by atoms with E-state index in [1.54, 1.807) is 6.92 Å². The lowest BCUT2D eigenvalue weighted by Crippen LogP contribution is -2.44. The van der Waals surface area contributed by atoms with Crippen LogP contribution >= 0.6 is 0 Å². The van der Waals surface area contributed by atoms with Crippen molar-refractivity contribution >= 4 is 11.9 Å². The van der Waals surface area contributed by atoms with Gasteiger partial charge >= 0.3 is 5.97 Å². The van der Waals surface area contributed by atoms with Crippen LogP contribution in [0.3, 0.4) is 0 Å². The Morgan fingerprint density at radius 1 is 1.32 bits per heavy atom.